The van der Waals surface area contributed by atoms with Crippen LogP contribution < -0.4 is 5.32 Å². The quantitative estimate of drug-likeness (QED) is 0.829. The van der Waals surface area contributed by atoms with Crippen LogP contribution in [0.4, 0.5) is 0 Å². The van der Waals surface area contributed by atoms with Crippen molar-refractivity contribution in [2.45, 2.75) is 77.9 Å². The highest BCUT2D eigenvalue weighted by molar-refractivity contribution is 4.91. The second kappa shape index (κ2) is 6.38. The van der Waals surface area contributed by atoms with Gasteiger partial charge >= 0.3 is 0 Å². The van der Waals surface area contributed by atoms with Gasteiger partial charge in [-0.1, -0.05) is 40.0 Å². The van der Waals surface area contributed by atoms with Gasteiger partial charge in [-0.3, -0.25) is 4.90 Å². The molecule has 0 bridgehead atoms. The number of nitrogens with one attached hydrogen (secondary N) is 1. The zero-order chi connectivity index (χ0) is 13.1. The average Bonchev–Trinajstić information content (AvgIpc) is 2.38. The SMILES string of the molecule is CCC1CCCC(N2CC(C)NCC2C(C)C)C1. The van der Waals surface area contributed by atoms with Crippen LogP contribution in [0.5, 0.6) is 0 Å². The molecule has 0 aromatic rings. The van der Waals surface area contributed by atoms with E-state index in [4.69, 9.17) is 0 Å². The number of rotatable bonds is 3. The Labute approximate surface area is 114 Å². The highest BCUT2D eigenvalue weighted by Gasteiger charge is 2.35. The van der Waals surface area contributed by atoms with Crippen molar-refractivity contribution in [3.05, 3.63) is 0 Å². The second-order valence-electron chi connectivity index (χ2n) is 6.91. The first-order valence-electron chi connectivity index (χ1n) is 8.11. The number of hydrogen-bond acceptors (Lipinski definition) is 2. The maximum atomic E-state index is 3.67. The fourth-order valence-corrected chi connectivity index (χ4v) is 3.93. The monoisotopic (exact) mass is 252 g/mol. The molecule has 2 rings (SSSR count). The Kier molecular flexibility index (Phi) is 5.08. The van der Waals surface area contributed by atoms with Crippen LogP contribution >= 0.6 is 0 Å². The van der Waals surface area contributed by atoms with Gasteiger partial charge in [0.15, 0.2) is 0 Å². The Hall–Kier alpha value is -0.0800. The van der Waals surface area contributed by atoms with Crippen molar-refractivity contribution in [1.82, 2.24) is 10.2 Å². The summed E-state index contributed by atoms with van der Waals surface area (Å²) >= 11 is 0. The molecule has 0 aromatic carbocycles. The fourth-order valence-electron chi connectivity index (χ4n) is 3.93. The van der Waals surface area contributed by atoms with Crippen LogP contribution in [0.1, 0.15) is 59.8 Å². The second-order valence-corrected chi connectivity index (χ2v) is 6.91. The molecule has 0 spiro atoms. The van der Waals surface area contributed by atoms with E-state index in [0.29, 0.717) is 6.04 Å². The van der Waals surface area contributed by atoms with Crippen LogP contribution in [0.3, 0.4) is 0 Å². The normalized spacial score (nSPS) is 39.2. The molecule has 1 heterocycles. The number of hydrogen-bond donors (Lipinski definition) is 1. The van der Waals surface area contributed by atoms with E-state index in [1.54, 1.807) is 0 Å². The van der Waals surface area contributed by atoms with E-state index in [-0.39, 0.29) is 0 Å². The van der Waals surface area contributed by atoms with Crippen LogP contribution in [0.2, 0.25) is 0 Å². The van der Waals surface area contributed by atoms with Gasteiger partial charge in [0.25, 0.3) is 0 Å². The largest absolute Gasteiger partial charge is 0.311 e. The average molecular weight is 252 g/mol. The van der Waals surface area contributed by atoms with E-state index in [2.05, 4.69) is 37.9 Å². The molecule has 4 atom stereocenters. The van der Waals surface area contributed by atoms with Crippen molar-refractivity contribution in [1.29, 1.82) is 0 Å². The van der Waals surface area contributed by atoms with Crippen molar-refractivity contribution < 1.29 is 0 Å². The van der Waals surface area contributed by atoms with Crippen LogP contribution in [-0.2, 0) is 0 Å². The zero-order valence-corrected chi connectivity index (χ0v) is 12.8. The summed E-state index contributed by atoms with van der Waals surface area (Å²) in [5.74, 6) is 1.76. The Morgan fingerprint density at radius 3 is 2.72 bits per heavy atom. The molecular weight excluding hydrogens is 220 g/mol. The van der Waals surface area contributed by atoms with Crippen LogP contribution in [0, 0.1) is 11.8 Å². The number of piperazine rings is 1. The third kappa shape index (κ3) is 3.27. The van der Waals surface area contributed by atoms with Gasteiger partial charge in [-0.05, 0) is 31.6 Å². The minimum absolute atomic E-state index is 0.669. The van der Waals surface area contributed by atoms with Crippen molar-refractivity contribution >= 4 is 0 Å². The van der Waals surface area contributed by atoms with E-state index >= 15 is 0 Å². The molecule has 1 N–H and O–H groups in total. The van der Waals surface area contributed by atoms with E-state index < -0.39 is 0 Å². The van der Waals surface area contributed by atoms with Gasteiger partial charge in [0.05, 0.1) is 0 Å². The lowest BCUT2D eigenvalue weighted by Crippen LogP contribution is -2.60. The van der Waals surface area contributed by atoms with Gasteiger partial charge in [0, 0.05) is 31.2 Å². The van der Waals surface area contributed by atoms with Crippen LogP contribution in [0.25, 0.3) is 0 Å². The molecule has 4 unspecified atom stereocenters. The van der Waals surface area contributed by atoms with Crippen LogP contribution in [-0.4, -0.2) is 36.1 Å². The third-order valence-corrected chi connectivity index (χ3v) is 5.16. The van der Waals surface area contributed by atoms with Gasteiger partial charge in [0.1, 0.15) is 0 Å². The van der Waals surface area contributed by atoms with Crippen LogP contribution in [0.15, 0.2) is 0 Å². The molecule has 0 aromatic heterocycles. The molecule has 1 saturated heterocycles. The third-order valence-electron chi connectivity index (χ3n) is 5.16. The standard InChI is InChI=1S/C16H32N2/c1-5-14-7-6-8-15(9-14)18-11-13(4)17-10-16(18)12(2)3/h12-17H,5-11H2,1-4H3. The smallest absolute Gasteiger partial charge is 0.0247 e. The Morgan fingerprint density at radius 2 is 2.06 bits per heavy atom. The molecular formula is C16H32N2. The predicted molar refractivity (Wildman–Crippen MR) is 78.8 cm³/mol. The Morgan fingerprint density at radius 1 is 1.28 bits per heavy atom. The fraction of sp³-hybridized carbons (Fsp3) is 1.00. The molecule has 18 heavy (non-hydrogen) atoms. The molecule has 1 saturated carbocycles. The molecule has 106 valence electrons. The van der Waals surface area contributed by atoms with E-state index in [0.717, 1.165) is 23.9 Å². The maximum Gasteiger partial charge on any atom is 0.0247 e. The lowest BCUT2D eigenvalue weighted by molar-refractivity contribution is 0.0310. The van der Waals surface area contributed by atoms with Gasteiger partial charge in [-0.15, -0.1) is 0 Å². The summed E-state index contributed by atoms with van der Waals surface area (Å²) in [4.78, 5) is 2.85. The zero-order valence-electron chi connectivity index (χ0n) is 12.8. The van der Waals surface area contributed by atoms with Gasteiger partial charge in [-0.2, -0.15) is 0 Å². The Balaban J connectivity index is 2.02. The Bertz CT molecular complexity index is 251. The minimum Gasteiger partial charge on any atom is -0.311 e. The summed E-state index contributed by atoms with van der Waals surface area (Å²) in [7, 11) is 0. The maximum absolute atomic E-state index is 3.67. The lowest BCUT2D eigenvalue weighted by Gasteiger charge is -2.48. The summed E-state index contributed by atoms with van der Waals surface area (Å²) in [5.41, 5.74) is 0. The van der Waals surface area contributed by atoms with E-state index in [9.17, 15) is 0 Å². The van der Waals surface area contributed by atoms with Crippen molar-refractivity contribution in [2.75, 3.05) is 13.1 Å². The van der Waals surface area contributed by atoms with E-state index in [1.165, 1.54) is 45.2 Å². The first-order valence-corrected chi connectivity index (χ1v) is 8.11. The molecule has 0 radical (unpaired) electrons. The molecule has 2 nitrogen and oxygen atoms in total. The van der Waals surface area contributed by atoms with Crippen molar-refractivity contribution in [3.8, 4) is 0 Å². The molecule has 1 aliphatic heterocycles. The summed E-state index contributed by atoms with van der Waals surface area (Å²) in [6.45, 7) is 11.9. The highest BCUT2D eigenvalue weighted by Crippen LogP contribution is 2.32. The number of nitrogens with zero attached hydrogens (tertiary/aromatic N) is 1. The van der Waals surface area contributed by atoms with Gasteiger partial charge in [0.2, 0.25) is 0 Å². The van der Waals surface area contributed by atoms with Crippen molar-refractivity contribution in [2.24, 2.45) is 11.8 Å². The topological polar surface area (TPSA) is 15.3 Å². The van der Waals surface area contributed by atoms with Crippen molar-refractivity contribution in [3.63, 3.8) is 0 Å². The molecule has 2 heteroatoms. The lowest BCUT2D eigenvalue weighted by atomic mass is 9.82. The summed E-state index contributed by atoms with van der Waals surface area (Å²) < 4.78 is 0. The van der Waals surface area contributed by atoms with E-state index in [1.807, 2.05) is 0 Å². The predicted octanol–water partition coefficient (Wildman–Crippen LogP) is 3.27. The minimum atomic E-state index is 0.669. The summed E-state index contributed by atoms with van der Waals surface area (Å²) in [5, 5.41) is 3.67. The summed E-state index contributed by atoms with van der Waals surface area (Å²) in [6, 6.07) is 2.28. The molecule has 2 fully saturated rings. The highest BCUT2D eigenvalue weighted by atomic mass is 15.3. The first kappa shape index (κ1) is 14.3. The molecule has 0 amide bonds. The molecule has 1 aliphatic carbocycles. The summed E-state index contributed by atoms with van der Waals surface area (Å²) in [6.07, 6.45) is 7.19. The first-order chi connectivity index (χ1) is 8.61. The van der Waals surface area contributed by atoms with Gasteiger partial charge in [-0.25, -0.2) is 0 Å². The molecule has 2 aliphatic rings. The van der Waals surface area contributed by atoms with Gasteiger partial charge < -0.3 is 5.32 Å².